The fourth-order valence-electron chi connectivity index (χ4n) is 1.33. The maximum atomic E-state index is 4.27. The summed E-state index contributed by atoms with van der Waals surface area (Å²) in [5.74, 6) is 0. The third-order valence-corrected chi connectivity index (χ3v) is 2.71. The molecule has 0 aromatic carbocycles. The van der Waals surface area contributed by atoms with Crippen LogP contribution in [0.3, 0.4) is 0 Å². The van der Waals surface area contributed by atoms with Crippen LogP contribution in [0, 0.1) is 0 Å². The zero-order valence-corrected chi connectivity index (χ0v) is 10.1. The first-order chi connectivity index (χ1) is 6.86. The first-order valence-corrected chi connectivity index (χ1v) is 6.18. The van der Waals surface area contributed by atoms with Crippen molar-refractivity contribution in [3.05, 3.63) is 30.1 Å². The van der Waals surface area contributed by atoms with E-state index in [4.69, 9.17) is 0 Å². The summed E-state index contributed by atoms with van der Waals surface area (Å²) in [5, 5.41) is 4.55. The van der Waals surface area contributed by atoms with E-state index in [0.29, 0.717) is 6.04 Å². The molecule has 0 aliphatic carbocycles. The van der Waals surface area contributed by atoms with E-state index in [0.717, 1.165) is 17.6 Å². The Morgan fingerprint density at radius 3 is 2.93 bits per heavy atom. The molecule has 14 heavy (non-hydrogen) atoms. The van der Waals surface area contributed by atoms with Crippen molar-refractivity contribution < 1.29 is 0 Å². The molecule has 0 saturated carbocycles. The molecule has 0 amide bonds. The van der Waals surface area contributed by atoms with Gasteiger partial charge in [-0.05, 0) is 25.0 Å². The molecule has 1 rings (SSSR count). The summed E-state index contributed by atoms with van der Waals surface area (Å²) in [6, 6.07) is 6.61. The first-order valence-electron chi connectivity index (χ1n) is 5.06. The largest absolute Gasteiger partial charge is 0.308 e. The van der Waals surface area contributed by atoms with Crippen LogP contribution in [0.15, 0.2) is 24.4 Å². The van der Waals surface area contributed by atoms with Crippen LogP contribution < -0.4 is 5.32 Å². The van der Waals surface area contributed by atoms with Crippen LogP contribution in [0.25, 0.3) is 0 Å². The zero-order valence-electron chi connectivity index (χ0n) is 8.54. The van der Waals surface area contributed by atoms with Gasteiger partial charge in [0.1, 0.15) is 0 Å². The maximum Gasteiger partial charge on any atom is 0.0541 e. The number of pyridine rings is 1. The highest BCUT2D eigenvalue weighted by molar-refractivity contribution is 9.09. The van der Waals surface area contributed by atoms with Crippen molar-refractivity contribution >= 4 is 15.9 Å². The van der Waals surface area contributed by atoms with Gasteiger partial charge in [0, 0.05) is 24.1 Å². The lowest BCUT2D eigenvalue weighted by molar-refractivity contribution is 0.484. The van der Waals surface area contributed by atoms with Gasteiger partial charge in [-0.15, -0.1) is 0 Å². The molecule has 2 nitrogen and oxygen atoms in total. The minimum absolute atomic E-state index is 0.594. The predicted octanol–water partition coefficient (Wildman–Crippen LogP) is 2.73. The van der Waals surface area contributed by atoms with Crippen LogP contribution in [0.4, 0.5) is 0 Å². The van der Waals surface area contributed by atoms with Crippen molar-refractivity contribution in [2.75, 3.05) is 5.33 Å². The second-order valence-electron chi connectivity index (χ2n) is 3.28. The molecule has 1 aromatic heterocycles. The average Bonchev–Trinajstić information content (AvgIpc) is 2.25. The molecule has 0 aliphatic rings. The van der Waals surface area contributed by atoms with Gasteiger partial charge in [0.2, 0.25) is 0 Å². The molecular formula is C11H17BrN2. The SMILES string of the molecule is CCC(CCBr)NCc1ccccn1. The molecule has 1 heterocycles. The molecule has 0 radical (unpaired) electrons. The highest BCUT2D eigenvalue weighted by Crippen LogP contribution is 2.02. The molecule has 1 atom stereocenters. The number of hydrogen-bond donors (Lipinski definition) is 1. The summed E-state index contributed by atoms with van der Waals surface area (Å²) in [5.41, 5.74) is 1.11. The van der Waals surface area contributed by atoms with E-state index in [1.807, 2.05) is 24.4 Å². The number of alkyl halides is 1. The minimum atomic E-state index is 0.594. The van der Waals surface area contributed by atoms with Gasteiger partial charge >= 0.3 is 0 Å². The lowest BCUT2D eigenvalue weighted by atomic mass is 10.1. The van der Waals surface area contributed by atoms with E-state index < -0.39 is 0 Å². The van der Waals surface area contributed by atoms with Crippen LogP contribution in [-0.4, -0.2) is 16.4 Å². The summed E-state index contributed by atoms with van der Waals surface area (Å²) >= 11 is 3.46. The first kappa shape index (κ1) is 11.7. The summed E-state index contributed by atoms with van der Waals surface area (Å²) in [6.45, 7) is 3.07. The van der Waals surface area contributed by atoms with Crippen molar-refractivity contribution in [3.63, 3.8) is 0 Å². The molecule has 1 unspecified atom stereocenters. The second kappa shape index (κ2) is 6.96. The van der Waals surface area contributed by atoms with Crippen LogP contribution in [-0.2, 0) is 6.54 Å². The number of nitrogens with one attached hydrogen (secondary N) is 1. The van der Waals surface area contributed by atoms with Crippen LogP contribution in [0.5, 0.6) is 0 Å². The molecular weight excluding hydrogens is 240 g/mol. The lowest BCUT2D eigenvalue weighted by Crippen LogP contribution is -2.28. The smallest absolute Gasteiger partial charge is 0.0541 e. The minimum Gasteiger partial charge on any atom is -0.308 e. The maximum absolute atomic E-state index is 4.27. The highest BCUT2D eigenvalue weighted by atomic mass is 79.9. The fraction of sp³-hybridized carbons (Fsp3) is 0.545. The third kappa shape index (κ3) is 4.20. The Morgan fingerprint density at radius 1 is 1.50 bits per heavy atom. The van der Waals surface area contributed by atoms with Gasteiger partial charge in [0.05, 0.1) is 5.69 Å². The van der Waals surface area contributed by atoms with Crippen LogP contribution in [0.1, 0.15) is 25.5 Å². The number of aromatic nitrogens is 1. The van der Waals surface area contributed by atoms with E-state index in [1.54, 1.807) is 0 Å². The van der Waals surface area contributed by atoms with Crippen molar-refractivity contribution in [1.82, 2.24) is 10.3 Å². The van der Waals surface area contributed by atoms with E-state index in [2.05, 4.69) is 33.2 Å². The summed E-state index contributed by atoms with van der Waals surface area (Å²) in [6.07, 6.45) is 4.17. The molecule has 0 fully saturated rings. The van der Waals surface area contributed by atoms with Crippen LogP contribution >= 0.6 is 15.9 Å². The Labute approximate surface area is 94.3 Å². The Balaban J connectivity index is 2.32. The molecule has 3 heteroatoms. The molecule has 0 spiro atoms. The Morgan fingerprint density at radius 2 is 2.36 bits per heavy atom. The van der Waals surface area contributed by atoms with Crippen LogP contribution in [0.2, 0.25) is 0 Å². The summed E-state index contributed by atoms with van der Waals surface area (Å²) in [7, 11) is 0. The van der Waals surface area contributed by atoms with Gasteiger partial charge in [-0.1, -0.05) is 28.9 Å². The summed E-state index contributed by atoms with van der Waals surface area (Å²) < 4.78 is 0. The molecule has 0 bridgehead atoms. The monoisotopic (exact) mass is 256 g/mol. The number of nitrogens with zero attached hydrogens (tertiary/aromatic N) is 1. The lowest BCUT2D eigenvalue weighted by Gasteiger charge is -2.14. The standard InChI is InChI=1S/C11H17BrN2/c1-2-10(6-7-12)14-9-11-5-3-4-8-13-11/h3-5,8,10,14H,2,6-7,9H2,1H3. The van der Waals surface area contributed by atoms with E-state index >= 15 is 0 Å². The van der Waals surface area contributed by atoms with Gasteiger partial charge in [0.25, 0.3) is 0 Å². The van der Waals surface area contributed by atoms with E-state index in [9.17, 15) is 0 Å². The van der Waals surface area contributed by atoms with Crippen molar-refractivity contribution in [2.24, 2.45) is 0 Å². The van der Waals surface area contributed by atoms with E-state index in [1.165, 1.54) is 12.8 Å². The van der Waals surface area contributed by atoms with Gasteiger partial charge in [0.15, 0.2) is 0 Å². The van der Waals surface area contributed by atoms with Crippen molar-refractivity contribution in [1.29, 1.82) is 0 Å². The highest BCUT2D eigenvalue weighted by Gasteiger charge is 2.03. The number of rotatable bonds is 6. The Hall–Kier alpha value is -0.410. The van der Waals surface area contributed by atoms with Crippen molar-refractivity contribution in [2.45, 2.75) is 32.4 Å². The molecule has 78 valence electrons. The fourth-order valence-corrected chi connectivity index (χ4v) is 1.89. The average molecular weight is 257 g/mol. The quantitative estimate of drug-likeness (QED) is 0.792. The topological polar surface area (TPSA) is 24.9 Å². The third-order valence-electron chi connectivity index (χ3n) is 2.25. The molecule has 1 N–H and O–H groups in total. The van der Waals surface area contributed by atoms with Gasteiger partial charge in [-0.25, -0.2) is 0 Å². The molecule has 1 aromatic rings. The molecule has 0 aliphatic heterocycles. The Bertz CT molecular complexity index is 238. The second-order valence-corrected chi connectivity index (χ2v) is 4.08. The summed E-state index contributed by atoms with van der Waals surface area (Å²) in [4.78, 5) is 4.27. The van der Waals surface area contributed by atoms with E-state index in [-0.39, 0.29) is 0 Å². The van der Waals surface area contributed by atoms with Gasteiger partial charge in [-0.3, -0.25) is 4.98 Å². The predicted molar refractivity (Wildman–Crippen MR) is 63.6 cm³/mol. The van der Waals surface area contributed by atoms with Gasteiger partial charge in [-0.2, -0.15) is 0 Å². The zero-order chi connectivity index (χ0) is 10.2. The van der Waals surface area contributed by atoms with Gasteiger partial charge < -0.3 is 5.32 Å². The normalized spacial score (nSPS) is 12.7. The molecule has 0 saturated heterocycles. The van der Waals surface area contributed by atoms with Crippen molar-refractivity contribution in [3.8, 4) is 0 Å². The number of hydrogen-bond acceptors (Lipinski definition) is 2. The Kier molecular flexibility index (Phi) is 5.80. The number of halogens is 1.